The molecular weight excluding hydrogens is 352 g/mol. The molecule has 0 aliphatic heterocycles. The molecule has 2 aromatic rings. The fourth-order valence-corrected chi connectivity index (χ4v) is 3.80. The zero-order chi connectivity index (χ0) is 19.9. The van der Waals surface area contributed by atoms with Crippen molar-refractivity contribution in [2.45, 2.75) is 32.3 Å². The lowest BCUT2D eigenvalue weighted by Gasteiger charge is -2.18. The molecule has 2 aromatic carbocycles. The van der Waals surface area contributed by atoms with Crippen molar-refractivity contribution in [1.29, 1.82) is 0 Å². The van der Waals surface area contributed by atoms with Crippen LogP contribution in [0, 0.1) is 11.8 Å². The van der Waals surface area contributed by atoms with Gasteiger partial charge in [0, 0.05) is 18.4 Å². The van der Waals surface area contributed by atoms with E-state index in [-0.39, 0.29) is 23.6 Å². The number of allylic oxidation sites excluding steroid dienone is 1. The summed E-state index contributed by atoms with van der Waals surface area (Å²) in [7, 11) is 1.61. The third-order valence-corrected chi connectivity index (χ3v) is 5.23. The van der Waals surface area contributed by atoms with E-state index in [4.69, 9.17) is 9.47 Å². The van der Waals surface area contributed by atoms with Gasteiger partial charge in [-0.25, -0.2) is 0 Å². The Kier molecular flexibility index (Phi) is 6.64. The van der Waals surface area contributed by atoms with E-state index in [0.717, 1.165) is 30.6 Å². The maximum atomic E-state index is 13.0. The number of ether oxygens (including phenoxy) is 2. The molecular formula is C24H26O4. The maximum Gasteiger partial charge on any atom is 0.303 e. The highest BCUT2D eigenvalue weighted by molar-refractivity contribution is 5.98. The number of esters is 1. The first kappa shape index (κ1) is 19.9. The standard InChI is InChI=1S/C24H26O4/c1-17(25)28-23(19-7-4-3-5-8-19)16-13-18-9-6-10-22(18)24(26)20-11-14-21(27-2)15-12-20/h3-5,7-8,11-16,18,22-23H,6,9-10H2,1-2H3/b16-13+/t18-,22+,23?/m1/s1. The van der Waals surface area contributed by atoms with Crippen molar-refractivity contribution >= 4 is 11.8 Å². The predicted octanol–water partition coefficient (Wildman–Crippen LogP) is 5.15. The van der Waals surface area contributed by atoms with Gasteiger partial charge in [0.05, 0.1) is 7.11 Å². The molecule has 146 valence electrons. The summed E-state index contributed by atoms with van der Waals surface area (Å²) < 4.78 is 10.6. The van der Waals surface area contributed by atoms with Crippen LogP contribution in [0.3, 0.4) is 0 Å². The molecule has 0 heterocycles. The number of ketones is 1. The molecule has 4 heteroatoms. The summed E-state index contributed by atoms with van der Waals surface area (Å²) in [6.07, 6.45) is 6.40. The second kappa shape index (κ2) is 9.36. The number of Topliss-reactive ketones (excluding diaryl/α,β-unsaturated/α-hetero) is 1. The molecule has 1 aliphatic rings. The first-order valence-electron chi connectivity index (χ1n) is 9.67. The number of carbonyl (C=O) groups is 2. The van der Waals surface area contributed by atoms with E-state index >= 15 is 0 Å². The van der Waals surface area contributed by atoms with Crippen molar-refractivity contribution in [2.75, 3.05) is 7.11 Å². The van der Waals surface area contributed by atoms with Gasteiger partial charge in [-0.1, -0.05) is 42.8 Å². The van der Waals surface area contributed by atoms with Crippen molar-refractivity contribution in [3.63, 3.8) is 0 Å². The molecule has 1 fully saturated rings. The SMILES string of the molecule is COc1ccc(C(=O)[C@H]2CCC[C@@H]2/C=C/C(OC(C)=O)c2ccccc2)cc1. The highest BCUT2D eigenvalue weighted by Crippen LogP contribution is 2.36. The van der Waals surface area contributed by atoms with Gasteiger partial charge in [-0.3, -0.25) is 9.59 Å². The predicted molar refractivity (Wildman–Crippen MR) is 108 cm³/mol. The highest BCUT2D eigenvalue weighted by Gasteiger charge is 2.32. The van der Waals surface area contributed by atoms with E-state index in [9.17, 15) is 9.59 Å². The number of hydrogen-bond donors (Lipinski definition) is 0. The average molecular weight is 378 g/mol. The van der Waals surface area contributed by atoms with Gasteiger partial charge < -0.3 is 9.47 Å². The first-order chi connectivity index (χ1) is 13.6. The molecule has 4 nitrogen and oxygen atoms in total. The van der Waals surface area contributed by atoms with Gasteiger partial charge >= 0.3 is 5.97 Å². The van der Waals surface area contributed by atoms with Gasteiger partial charge in [0.15, 0.2) is 5.78 Å². The van der Waals surface area contributed by atoms with E-state index in [0.29, 0.717) is 5.56 Å². The van der Waals surface area contributed by atoms with Crippen molar-refractivity contribution in [3.8, 4) is 5.75 Å². The van der Waals surface area contributed by atoms with Crippen LogP contribution < -0.4 is 4.74 Å². The van der Waals surface area contributed by atoms with Crippen molar-refractivity contribution in [2.24, 2.45) is 11.8 Å². The summed E-state index contributed by atoms with van der Waals surface area (Å²) in [5.41, 5.74) is 1.63. The lowest BCUT2D eigenvalue weighted by atomic mass is 9.87. The summed E-state index contributed by atoms with van der Waals surface area (Å²) in [4.78, 5) is 24.5. The van der Waals surface area contributed by atoms with E-state index in [2.05, 4.69) is 6.08 Å². The third kappa shape index (κ3) is 4.89. The molecule has 0 aromatic heterocycles. The van der Waals surface area contributed by atoms with E-state index < -0.39 is 6.10 Å². The number of rotatable bonds is 7. The van der Waals surface area contributed by atoms with E-state index in [1.165, 1.54) is 6.92 Å². The van der Waals surface area contributed by atoms with Crippen LogP contribution in [0.1, 0.15) is 48.2 Å². The molecule has 28 heavy (non-hydrogen) atoms. The third-order valence-electron chi connectivity index (χ3n) is 5.23. The van der Waals surface area contributed by atoms with Crippen LogP contribution in [0.2, 0.25) is 0 Å². The number of hydrogen-bond acceptors (Lipinski definition) is 4. The summed E-state index contributed by atoms with van der Waals surface area (Å²) in [6.45, 7) is 1.41. The smallest absolute Gasteiger partial charge is 0.303 e. The van der Waals surface area contributed by atoms with Crippen LogP contribution in [-0.2, 0) is 9.53 Å². The quantitative estimate of drug-likeness (QED) is 0.380. The molecule has 0 bridgehead atoms. The van der Waals surface area contributed by atoms with Crippen LogP contribution in [-0.4, -0.2) is 18.9 Å². The molecule has 0 radical (unpaired) electrons. The maximum absolute atomic E-state index is 13.0. The Hall–Kier alpha value is -2.88. The average Bonchev–Trinajstić information content (AvgIpc) is 3.19. The van der Waals surface area contributed by atoms with Crippen LogP contribution in [0.4, 0.5) is 0 Å². The van der Waals surface area contributed by atoms with Crippen LogP contribution >= 0.6 is 0 Å². The summed E-state index contributed by atoms with van der Waals surface area (Å²) >= 11 is 0. The number of carbonyl (C=O) groups excluding carboxylic acids is 2. The van der Waals surface area contributed by atoms with Gasteiger partial charge in [-0.05, 0) is 54.7 Å². The fraction of sp³-hybridized carbons (Fsp3) is 0.333. The minimum absolute atomic E-state index is 0.0432. The summed E-state index contributed by atoms with van der Waals surface area (Å²) in [5.74, 6) is 0.690. The van der Waals surface area contributed by atoms with Gasteiger partial charge in [0.1, 0.15) is 11.9 Å². The molecule has 0 amide bonds. The molecule has 0 N–H and O–H groups in total. The zero-order valence-electron chi connectivity index (χ0n) is 16.3. The Morgan fingerprint density at radius 1 is 1.04 bits per heavy atom. The number of benzene rings is 2. The second-order valence-electron chi connectivity index (χ2n) is 7.12. The van der Waals surface area contributed by atoms with Gasteiger partial charge in [0.2, 0.25) is 0 Å². The summed E-state index contributed by atoms with van der Waals surface area (Å²) in [6, 6.07) is 16.9. The van der Waals surface area contributed by atoms with Gasteiger partial charge in [-0.15, -0.1) is 0 Å². The van der Waals surface area contributed by atoms with Crippen LogP contribution in [0.5, 0.6) is 5.75 Å². The Labute approximate surface area is 166 Å². The van der Waals surface area contributed by atoms with Crippen molar-refractivity contribution in [1.82, 2.24) is 0 Å². The number of methoxy groups -OCH3 is 1. The zero-order valence-corrected chi connectivity index (χ0v) is 16.3. The van der Waals surface area contributed by atoms with E-state index in [1.807, 2.05) is 60.7 Å². The molecule has 1 saturated carbocycles. The second-order valence-corrected chi connectivity index (χ2v) is 7.12. The molecule has 0 spiro atoms. The minimum Gasteiger partial charge on any atom is -0.497 e. The van der Waals surface area contributed by atoms with Gasteiger partial charge in [0.25, 0.3) is 0 Å². The van der Waals surface area contributed by atoms with Crippen molar-refractivity contribution < 1.29 is 19.1 Å². The minimum atomic E-state index is -0.434. The topological polar surface area (TPSA) is 52.6 Å². The van der Waals surface area contributed by atoms with Crippen LogP contribution in [0.25, 0.3) is 0 Å². The molecule has 3 atom stereocenters. The largest absolute Gasteiger partial charge is 0.497 e. The normalized spacial score (nSPS) is 20.1. The van der Waals surface area contributed by atoms with Crippen molar-refractivity contribution in [3.05, 3.63) is 77.9 Å². The molecule has 3 rings (SSSR count). The lowest BCUT2D eigenvalue weighted by Crippen LogP contribution is -2.18. The van der Waals surface area contributed by atoms with Gasteiger partial charge in [-0.2, -0.15) is 0 Å². The van der Waals surface area contributed by atoms with E-state index in [1.54, 1.807) is 7.11 Å². The molecule has 0 saturated heterocycles. The Morgan fingerprint density at radius 3 is 2.39 bits per heavy atom. The summed E-state index contributed by atoms with van der Waals surface area (Å²) in [5, 5.41) is 0. The highest BCUT2D eigenvalue weighted by atomic mass is 16.5. The Morgan fingerprint density at radius 2 is 1.75 bits per heavy atom. The Bertz CT molecular complexity index is 823. The molecule has 1 aliphatic carbocycles. The lowest BCUT2D eigenvalue weighted by molar-refractivity contribution is -0.144. The fourth-order valence-electron chi connectivity index (χ4n) is 3.80. The molecule has 1 unspecified atom stereocenters. The first-order valence-corrected chi connectivity index (χ1v) is 9.67. The van der Waals surface area contributed by atoms with Crippen LogP contribution in [0.15, 0.2) is 66.7 Å². The monoisotopic (exact) mass is 378 g/mol. The Balaban J connectivity index is 1.75.